The van der Waals surface area contributed by atoms with Gasteiger partial charge in [-0.15, -0.1) is 6.58 Å². The van der Waals surface area contributed by atoms with Crippen molar-refractivity contribution < 1.29 is 9.50 Å². The third-order valence-corrected chi connectivity index (χ3v) is 3.84. The van der Waals surface area contributed by atoms with Gasteiger partial charge in [-0.05, 0) is 25.5 Å². The van der Waals surface area contributed by atoms with E-state index in [1.807, 2.05) is 6.92 Å². The molecule has 2 N–H and O–H groups in total. The highest BCUT2D eigenvalue weighted by Gasteiger charge is 2.26. The van der Waals surface area contributed by atoms with Gasteiger partial charge < -0.3 is 10.4 Å². The predicted octanol–water partition coefficient (Wildman–Crippen LogP) is 3.10. The van der Waals surface area contributed by atoms with Crippen LogP contribution in [0, 0.1) is 5.82 Å². The third-order valence-electron chi connectivity index (χ3n) is 3.55. The molecule has 1 saturated heterocycles. The molecule has 0 bridgehead atoms. The lowest BCUT2D eigenvalue weighted by Crippen LogP contribution is -2.45. The fourth-order valence-electron chi connectivity index (χ4n) is 2.60. The number of rotatable bonds is 4. The van der Waals surface area contributed by atoms with Crippen LogP contribution in [0.3, 0.4) is 0 Å². The lowest BCUT2D eigenvalue weighted by Gasteiger charge is -2.35. The Morgan fingerprint density at radius 1 is 1.50 bits per heavy atom. The van der Waals surface area contributed by atoms with Gasteiger partial charge in [0.2, 0.25) is 0 Å². The van der Waals surface area contributed by atoms with Crippen LogP contribution in [0.4, 0.5) is 4.39 Å². The summed E-state index contributed by atoms with van der Waals surface area (Å²) in [5.41, 5.74) is 1.54. The molecule has 20 heavy (non-hydrogen) atoms. The Hall–Kier alpha value is -1.10. The van der Waals surface area contributed by atoms with Crippen LogP contribution in [0.15, 0.2) is 24.3 Å². The number of benzene rings is 1. The first-order valence-electron chi connectivity index (χ1n) is 6.76. The van der Waals surface area contributed by atoms with Gasteiger partial charge in [-0.2, -0.15) is 0 Å². The lowest BCUT2D eigenvalue weighted by atomic mass is 9.97. The van der Waals surface area contributed by atoms with Gasteiger partial charge in [-0.1, -0.05) is 17.2 Å². The summed E-state index contributed by atoms with van der Waals surface area (Å²) in [6, 6.07) is 2.41. The average Bonchev–Trinajstić information content (AvgIpc) is 2.41. The number of hydrogen-bond donors (Lipinski definition) is 2. The summed E-state index contributed by atoms with van der Waals surface area (Å²) in [5, 5.41) is 13.5. The molecule has 5 heteroatoms. The van der Waals surface area contributed by atoms with Gasteiger partial charge in [-0.3, -0.25) is 4.90 Å². The molecule has 2 rings (SSSR count). The monoisotopic (exact) mass is 298 g/mol. The molecule has 1 aromatic rings. The molecule has 0 unspecified atom stereocenters. The van der Waals surface area contributed by atoms with Crippen LogP contribution in [0.25, 0.3) is 0 Å². The van der Waals surface area contributed by atoms with E-state index in [2.05, 4.69) is 16.8 Å². The van der Waals surface area contributed by atoms with E-state index in [-0.39, 0.29) is 16.8 Å². The number of halogens is 2. The first kappa shape index (κ1) is 15.3. The molecule has 1 aliphatic rings. The van der Waals surface area contributed by atoms with Crippen LogP contribution in [0.5, 0.6) is 5.75 Å². The van der Waals surface area contributed by atoms with Crippen molar-refractivity contribution in [3.8, 4) is 5.75 Å². The number of hydrogen-bond acceptors (Lipinski definition) is 3. The van der Waals surface area contributed by atoms with Crippen LogP contribution >= 0.6 is 11.6 Å². The van der Waals surface area contributed by atoms with Crippen molar-refractivity contribution >= 4 is 11.6 Å². The molecule has 0 spiro atoms. The van der Waals surface area contributed by atoms with Crippen LogP contribution in [-0.2, 0) is 0 Å². The van der Waals surface area contributed by atoms with Crippen molar-refractivity contribution in [1.29, 1.82) is 0 Å². The summed E-state index contributed by atoms with van der Waals surface area (Å²) >= 11 is 5.90. The second-order valence-corrected chi connectivity index (χ2v) is 5.70. The second kappa shape index (κ2) is 6.57. The van der Waals surface area contributed by atoms with E-state index in [1.54, 1.807) is 0 Å². The number of piperazine rings is 1. The van der Waals surface area contributed by atoms with Gasteiger partial charge in [0.1, 0.15) is 11.6 Å². The van der Waals surface area contributed by atoms with Crippen LogP contribution < -0.4 is 5.32 Å². The Bertz CT molecular complexity index is 501. The van der Waals surface area contributed by atoms with Crippen molar-refractivity contribution in [2.24, 2.45) is 0 Å². The van der Waals surface area contributed by atoms with Crippen molar-refractivity contribution in [1.82, 2.24) is 10.2 Å². The van der Waals surface area contributed by atoms with Gasteiger partial charge >= 0.3 is 0 Å². The van der Waals surface area contributed by atoms with Crippen molar-refractivity contribution in [2.45, 2.75) is 19.4 Å². The summed E-state index contributed by atoms with van der Waals surface area (Å²) < 4.78 is 13.6. The predicted molar refractivity (Wildman–Crippen MR) is 79.7 cm³/mol. The zero-order chi connectivity index (χ0) is 14.7. The molecule has 0 radical (unpaired) electrons. The number of nitrogens with zero attached hydrogens (tertiary/aromatic N) is 1. The summed E-state index contributed by atoms with van der Waals surface area (Å²) in [7, 11) is 0. The first-order chi connectivity index (χ1) is 9.49. The van der Waals surface area contributed by atoms with E-state index in [0.717, 1.165) is 37.8 Å². The van der Waals surface area contributed by atoms with Gasteiger partial charge in [0.25, 0.3) is 0 Å². The second-order valence-electron chi connectivity index (χ2n) is 5.29. The fourth-order valence-corrected chi connectivity index (χ4v) is 2.81. The number of nitrogens with one attached hydrogen (secondary N) is 1. The van der Waals surface area contributed by atoms with Gasteiger partial charge in [0, 0.05) is 37.8 Å². The Balaban J connectivity index is 2.37. The number of phenolic OH excluding ortho intramolecular Hbond substituents is 1. The van der Waals surface area contributed by atoms with E-state index >= 15 is 0 Å². The topological polar surface area (TPSA) is 35.5 Å². The molecule has 1 atom stereocenters. The lowest BCUT2D eigenvalue weighted by molar-refractivity contribution is 0.169. The Morgan fingerprint density at radius 2 is 2.15 bits per heavy atom. The molecular weight excluding hydrogens is 279 g/mol. The van der Waals surface area contributed by atoms with Crippen LogP contribution in [0.2, 0.25) is 5.02 Å². The molecule has 3 nitrogen and oxygen atoms in total. The van der Waals surface area contributed by atoms with E-state index in [4.69, 9.17) is 11.6 Å². The maximum atomic E-state index is 13.6. The normalized spacial score (nSPS) is 17.9. The Morgan fingerprint density at radius 3 is 2.75 bits per heavy atom. The fraction of sp³-hybridized carbons (Fsp3) is 0.467. The Kier molecular flexibility index (Phi) is 5.02. The van der Waals surface area contributed by atoms with Crippen LogP contribution in [-0.4, -0.2) is 36.2 Å². The summed E-state index contributed by atoms with van der Waals surface area (Å²) in [4.78, 5) is 2.23. The van der Waals surface area contributed by atoms with E-state index < -0.39 is 5.82 Å². The summed E-state index contributed by atoms with van der Waals surface area (Å²) in [6.45, 7) is 9.35. The average molecular weight is 299 g/mol. The van der Waals surface area contributed by atoms with Crippen LogP contribution in [0.1, 0.15) is 24.9 Å². The molecule has 0 aromatic heterocycles. The highest BCUT2D eigenvalue weighted by atomic mass is 35.5. The molecule has 110 valence electrons. The number of phenols is 1. The van der Waals surface area contributed by atoms with Crippen molar-refractivity contribution in [3.63, 3.8) is 0 Å². The smallest absolute Gasteiger partial charge is 0.139 e. The number of aromatic hydroxyl groups is 1. The third kappa shape index (κ3) is 3.51. The van der Waals surface area contributed by atoms with Gasteiger partial charge in [0.05, 0.1) is 5.02 Å². The molecule has 1 heterocycles. The zero-order valence-corrected chi connectivity index (χ0v) is 12.4. The maximum absolute atomic E-state index is 13.6. The quantitative estimate of drug-likeness (QED) is 0.839. The molecule has 0 aliphatic carbocycles. The maximum Gasteiger partial charge on any atom is 0.139 e. The minimum atomic E-state index is -0.426. The largest absolute Gasteiger partial charge is 0.506 e. The van der Waals surface area contributed by atoms with Gasteiger partial charge in [0.15, 0.2) is 0 Å². The van der Waals surface area contributed by atoms with Gasteiger partial charge in [-0.25, -0.2) is 4.39 Å². The standard InChI is InChI=1S/C15H20ClFN2O/c1-10(2)7-14(19-5-3-18-4-6-19)12-8-11(17)9-13(16)15(12)20/h8-9,14,18,20H,1,3-7H2,2H3/t14-/m0/s1. The van der Waals surface area contributed by atoms with Crippen molar-refractivity contribution in [2.75, 3.05) is 26.2 Å². The zero-order valence-electron chi connectivity index (χ0n) is 11.6. The molecule has 0 amide bonds. The van der Waals surface area contributed by atoms with E-state index in [1.165, 1.54) is 6.07 Å². The Labute approximate surface area is 124 Å². The van der Waals surface area contributed by atoms with E-state index in [0.29, 0.717) is 12.0 Å². The SMILES string of the molecule is C=C(C)C[C@@H](c1cc(F)cc(Cl)c1O)N1CCNCC1. The summed E-state index contributed by atoms with van der Waals surface area (Å²) in [5.74, 6) is -0.456. The molecule has 1 aromatic carbocycles. The first-order valence-corrected chi connectivity index (χ1v) is 7.14. The minimum absolute atomic E-state index is 0.0298. The molecule has 0 saturated carbocycles. The highest BCUT2D eigenvalue weighted by molar-refractivity contribution is 6.32. The molecule has 1 fully saturated rings. The minimum Gasteiger partial charge on any atom is -0.506 e. The van der Waals surface area contributed by atoms with Crippen molar-refractivity contribution in [3.05, 3.63) is 40.7 Å². The van der Waals surface area contributed by atoms with E-state index in [9.17, 15) is 9.50 Å². The highest BCUT2D eigenvalue weighted by Crippen LogP contribution is 2.38. The molecular formula is C15H20ClFN2O. The summed E-state index contributed by atoms with van der Waals surface area (Å²) in [6.07, 6.45) is 0.674. The molecule has 1 aliphatic heterocycles.